The average Bonchev–Trinajstić information content (AvgIpc) is 2.47. The van der Waals surface area contributed by atoms with E-state index >= 15 is 0 Å². The van der Waals surface area contributed by atoms with E-state index in [1.165, 1.54) is 5.56 Å². The van der Waals surface area contributed by atoms with E-state index in [2.05, 4.69) is 43.1 Å². The van der Waals surface area contributed by atoms with E-state index in [9.17, 15) is 0 Å². The first-order valence-corrected chi connectivity index (χ1v) is 6.68. The fourth-order valence-corrected chi connectivity index (χ4v) is 2.43. The topological polar surface area (TPSA) is 51.8 Å². The Morgan fingerprint density at radius 1 is 1.10 bits per heavy atom. The van der Waals surface area contributed by atoms with Gasteiger partial charge in [0.05, 0.1) is 17.3 Å². The van der Waals surface area contributed by atoms with Crippen LogP contribution in [0, 0.1) is 13.8 Å². The third-order valence-corrected chi connectivity index (χ3v) is 3.54. The number of pyridine rings is 2. The highest BCUT2D eigenvalue weighted by atomic mass is 14.8. The summed E-state index contributed by atoms with van der Waals surface area (Å²) in [4.78, 5) is 8.89. The summed E-state index contributed by atoms with van der Waals surface area (Å²) >= 11 is 0. The lowest BCUT2D eigenvalue weighted by Crippen LogP contribution is -2.15. The monoisotopic (exact) mass is 263 g/mol. The molecule has 3 heteroatoms. The molecular weight excluding hydrogens is 246 g/mol. The number of nitrogens with zero attached hydrogens (tertiary/aromatic N) is 2. The molecular formula is C17H17N3. The van der Waals surface area contributed by atoms with Gasteiger partial charge in [-0.3, -0.25) is 9.97 Å². The maximum Gasteiger partial charge on any atom is 0.0744 e. The van der Waals surface area contributed by atoms with Gasteiger partial charge < -0.3 is 5.73 Å². The number of nitrogens with two attached hydrogens (primary N) is 1. The third-order valence-electron chi connectivity index (χ3n) is 3.54. The first kappa shape index (κ1) is 12.8. The Bertz CT molecular complexity index is 751. The molecule has 3 nitrogen and oxygen atoms in total. The number of aryl methyl sites for hydroxylation is 2. The van der Waals surface area contributed by atoms with Gasteiger partial charge in [-0.25, -0.2) is 0 Å². The highest BCUT2D eigenvalue weighted by molar-refractivity contribution is 5.80. The van der Waals surface area contributed by atoms with Crippen LogP contribution >= 0.6 is 0 Å². The average molecular weight is 263 g/mol. The lowest BCUT2D eigenvalue weighted by molar-refractivity contribution is 0.819. The van der Waals surface area contributed by atoms with E-state index in [1.807, 2.05) is 12.1 Å². The fraction of sp³-hybridized carbons (Fsp3) is 0.176. The SMILES string of the molecule is Cc1ccc2cc(C)c(C(N)c3cccnc3)nc2c1. The molecule has 0 fully saturated rings. The first-order valence-electron chi connectivity index (χ1n) is 6.68. The second-order valence-electron chi connectivity index (χ2n) is 5.15. The second kappa shape index (κ2) is 5.02. The van der Waals surface area contributed by atoms with Gasteiger partial charge in [-0.1, -0.05) is 18.2 Å². The van der Waals surface area contributed by atoms with E-state index < -0.39 is 0 Å². The quantitative estimate of drug-likeness (QED) is 0.771. The molecule has 0 saturated heterocycles. The Balaban J connectivity index is 2.13. The Morgan fingerprint density at radius 3 is 2.70 bits per heavy atom. The van der Waals surface area contributed by atoms with Crippen molar-refractivity contribution in [3.05, 3.63) is 71.2 Å². The van der Waals surface area contributed by atoms with Crippen LogP contribution in [-0.4, -0.2) is 9.97 Å². The molecule has 1 aromatic carbocycles. The van der Waals surface area contributed by atoms with Crippen molar-refractivity contribution in [2.75, 3.05) is 0 Å². The van der Waals surface area contributed by atoms with Crippen molar-refractivity contribution in [2.45, 2.75) is 19.9 Å². The number of benzene rings is 1. The number of rotatable bonds is 2. The summed E-state index contributed by atoms with van der Waals surface area (Å²) in [6.45, 7) is 4.12. The third kappa shape index (κ3) is 2.28. The summed E-state index contributed by atoms with van der Waals surface area (Å²) in [5.74, 6) is 0. The van der Waals surface area contributed by atoms with Crippen molar-refractivity contribution in [3.8, 4) is 0 Å². The van der Waals surface area contributed by atoms with Crippen LogP contribution in [0.25, 0.3) is 10.9 Å². The molecule has 0 saturated carbocycles. The Hall–Kier alpha value is -2.26. The number of hydrogen-bond acceptors (Lipinski definition) is 3. The minimum absolute atomic E-state index is 0.242. The molecule has 2 aromatic heterocycles. The summed E-state index contributed by atoms with van der Waals surface area (Å²) < 4.78 is 0. The zero-order chi connectivity index (χ0) is 14.1. The van der Waals surface area contributed by atoms with Gasteiger partial charge in [-0.2, -0.15) is 0 Å². The molecule has 0 bridgehead atoms. The van der Waals surface area contributed by atoms with Gasteiger partial charge in [-0.15, -0.1) is 0 Å². The Kier molecular flexibility index (Phi) is 3.20. The van der Waals surface area contributed by atoms with E-state index in [4.69, 9.17) is 10.7 Å². The predicted molar refractivity (Wildman–Crippen MR) is 81.5 cm³/mol. The Labute approximate surface area is 118 Å². The maximum absolute atomic E-state index is 6.34. The van der Waals surface area contributed by atoms with E-state index in [-0.39, 0.29) is 6.04 Å². The van der Waals surface area contributed by atoms with Crippen LogP contribution in [0.3, 0.4) is 0 Å². The van der Waals surface area contributed by atoms with Gasteiger partial charge in [0, 0.05) is 17.8 Å². The standard InChI is InChI=1S/C17H17N3/c1-11-5-6-13-9-12(2)17(20-15(13)8-11)16(18)14-4-3-7-19-10-14/h3-10,16H,18H2,1-2H3. The number of hydrogen-bond donors (Lipinski definition) is 1. The van der Waals surface area contributed by atoms with E-state index in [1.54, 1.807) is 12.4 Å². The molecule has 0 aliphatic heterocycles. The lowest BCUT2D eigenvalue weighted by Gasteiger charge is -2.15. The Morgan fingerprint density at radius 2 is 1.95 bits per heavy atom. The van der Waals surface area contributed by atoms with Gasteiger partial charge in [0.1, 0.15) is 0 Å². The zero-order valence-electron chi connectivity index (χ0n) is 11.7. The maximum atomic E-state index is 6.34. The smallest absolute Gasteiger partial charge is 0.0744 e. The normalized spacial score (nSPS) is 12.6. The summed E-state index contributed by atoms with van der Waals surface area (Å²) in [5, 5.41) is 1.15. The highest BCUT2D eigenvalue weighted by Crippen LogP contribution is 2.24. The van der Waals surface area contributed by atoms with Crippen LogP contribution in [0.15, 0.2) is 48.8 Å². The zero-order valence-corrected chi connectivity index (χ0v) is 11.7. The molecule has 3 aromatic rings. The molecule has 3 rings (SSSR count). The lowest BCUT2D eigenvalue weighted by atomic mass is 10.0. The van der Waals surface area contributed by atoms with E-state index in [0.717, 1.165) is 27.7 Å². The van der Waals surface area contributed by atoms with E-state index in [0.29, 0.717) is 0 Å². The molecule has 100 valence electrons. The number of aromatic nitrogens is 2. The van der Waals surface area contributed by atoms with Crippen molar-refractivity contribution in [2.24, 2.45) is 5.73 Å². The highest BCUT2D eigenvalue weighted by Gasteiger charge is 2.14. The molecule has 20 heavy (non-hydrogen) atoms. The molecule has 2 N–H and O–H groups in total. The van der Waals surface area contributed by atoms with Crippen LogP contribution in [-0.2, 0) is 0 Å². The first-order chi connectivity index (χ1) is 9.65. The molecule has 0 aliphatic rings. The largest absolute Gasteiger partial charge is 0.319 e. The van der Waals surface area contributed by atoms with Gasteiger partial charge >= 0.3 is 0 Å². The van der Waals surface area contributed by atoms with Crippen LogP contribution in [0.5, 0.6) is 0 Å². The minimum atomic E-state index is -0.242. The van der Waals surface area contributed by atoms with Gasteiger partial charge in [0.2, 0.25) is 0 Å². The summed E-state index contributed by atoms with van der Waals surface area (Å²) in [6, 6.07) is 12.1. The van der Waals surface area contributed by atoms with Crippen LogP contribution in [0.4, 0.5) is 0 Å². The molecule has 0 amide bonds. The fourth-order valence-electron chi connectivity index (χ4n) is 2.43. The van der Waals surface area contributed by atoms with Crippen molar-refractivity contribution >= 4 is 10.9 Å². The van der Waals surface area contributed by atoms with Crippen LogP contribution in [0.1, 0.15) is 28.4 Å². The van der Waals surface area contributed by atoms with Gasteiger partial charge in [0.25, 0.3) is 0 Å². The van der Waals surface area contributed by atoms with Crippen molar-refractivity contribution in [1.82, 2.24) is 9.97 Å². The molecule has 0 radical (unpaired) electrons. The van der Waals surface area contributed by atoms with Crippen LogP contribution in [0.2, 0.25) is 0 Å². The van der Waals surface area contributed by atoms with Crippen LogP contribution < -0.4 is 5.73 Å². The summed E-state index contributed by atoms with van der Waals surface area (Å²) in [5.41, 5.74) is 11.5. The predicted octanol–water partition coefficient (Wildman–Crippen LogP) is 3.29. The van der Waals surface area contributed by atoms with Gasteiger partial charge in [0.15, 0.2) is 0 Å². The summed E-state index contributed by atoms with van der Waals surface area (Å²) in [6.07, 6.45) is 3.55. The van der Waals surface area contributed by atoms with Crippen molar-refractivity contribution in [3.63, 3.8) is 0 Å². The molecule has 0 aliphatic carbocycles. The molecule has 2 heterocycles. The van der Waals surface area contributed by atoms with Crippen molar-refractivity contribution in [1.29, 1.82) is 0 Å². The molecule has 0 spiro atoms. The molecule has 1 atom stereocenters. The minimum Gasteiger partial charge on any atom is -0.319 e. The van der Waals surface area contributed by atoms with Crippen molar-refractivity contribution < 1.29 is 0 Å². The number of fused-ring (bicyclic) bond motifs is 1. The van der Waals surface area contributed by atoms with Gasteiger partial charge in [-0.05, 0) is 48.7 Å². The summed E-state index contributed by atoms with van der Waals surface area (Å²) in [7, 11) is 0. The molecule has 1 unspecified atom stereocenters. The second-order valence-corrected chi connectivity index (χ2v) is 5.15.